The van der Waals surface area contributed by atoms with Gasteiger partial charge < -0.3 is 21.3 Å². The summed E-state index contributed by atoms with van der Waals surface area (Å²) in [6, 6.07) is 24.4. The lowest BCUT2D eigenvalue weighted by atomic mass is 9.90. The van der Waals surface area contributed by atoms with Gasteiger partial charge in [0, 0.05) is 12.8 Å². The van der Waals surface area contributed by atoms with Crippen LogP contribution < -0.4 is 21.3 Å². The predicted molar refractivity (Wildman–Crippen MR) is 181 cm³/mol. The van der Waals surface area contributed by atoms with E-state index in [0.29, 0.717) is 25.7 Å². The van der Waals surface area contributed by atoms with Gasteiger partial charge in [0.15, 0.2) is 5.78 Å². The van der Waals surface area contributed by atoms with Gasteiger partial charge in [-0.05, 0) is 55.2 Å². The molecule has 0 bridgehead atoms. The third-order valence-corrected chi connectivity index (χ3v) is 8.43. The molecule has 1 aliphatic heterocycles. The monoisotopic (exact) mass is 638 g/mol. The van der Waals surface area contributed by atoms with E-state index < -0.39 is 47.8 Å². The van der Waals surface area contributed by atoms with Crippen LogP contribution in [0.5, 0.6) is 0 Å². The fourth-order valence-electron chi connectivity index (χ4n) is 5.87. The number of hydrogen-bond donors (Lipinski definition) is 4. The minimum Gasteiger partial charge on any atom is -0.344 e. The van der Waals surface area contributed by atoms with Crippen molar-refractivity contribution in [2.24, 2.45) is 5.92 Å². The minimum absolute atomic E-state index is 0.0433. The summed E-state index contributed by atoms with van der Waals surface area (Å²) in [7, 11) is 0. The lowest BCUT2D eigenvalue weighted by Gasteiger charge is -2.27. The highest BCUT2D eigenvalue weighted by atomic mass is 16.2. The van der Waals surface area contributed by atoms with Gasteiger partial charge in [-0.1, -0.05) is 105 Å². The molecule has 0 saturated carbocycles. The molecule has 3 aromatic rings. The summed E-state index contributed by atoms with van der Waals surface area (Å²) >= 11 is 0. The van der Waals surface area contributed by atoms with Crippen LogP contribution in [0.25, 0.3) is 0 Å². The SMILES string of the molecule is CC(C)C[C@@H]1NC(=O)[C@H](Cc2ccccc2)NC(=O)C(c2ccccc2)CCCC(=O)[C@H](Cc2ccccc2)NC(=O)[C@H](C)NC1=O. The summed E-state index contributed by atoms with van der Waals surface area (Å²) in [4.78, 5) is 68.4. The van der Waals surface area contributed by atoms with E-state index in [1.165, 1.54) is 0 Å². The zero-order valence-electron chi connectivity index (χ0n) is 27.4. The molecule has 9 nitrogen and oxygen atoms in total. The van der Waals surface area contributed by atoms with Gasteiger partial charge in [-0.2, -0.15) is 0 Å². The molecule has 4 N–H and O–H groups in total. The second kappa shape index (κ2) is 17.2. The summed E-state index contributed by atoms with van der Waals surface area (Å²) in [5.74, 6) is -2.58. The summed E-state index contributed by atoms with van der Waals surface area (Å²) in [6.07, 6.45) is 1.72. The molecule has 3 aromatic carbocycles. The molecule has 9 heteroatoms. The average Bonchev–Trinajstić information content (AvgIpc) is 3.06. The van der Waals surface area contributed by atoms with E-state index in [1.54, 1.807) is 6.92 Å². The lowest BCUT2D eigenvalue weighted by molar-refractivity contribution is -0.134. The summed E-state index contributed by atoms with van der Waals surface area (Å²) in [5, 5.41) is 11.4. The fourth-order valence-corrected chi connectivity index (χ4v) is 5.87. The van der Waals surface area contributed by atoms with Gasteiger partial charge in [-0.15, -0.1) is 0 Å². The van der Waals surface area contributed by atoms with Crippen LogP contribution in [0, 0.1) is 5.92 Å². The molecule has 5 atom stereocenters. The molecule has 0 aliphatic carbocycles. The molecule has 47 heavy (non-hydrogen) atoms. The van der Waals surface area contributed by atoms with Crippen molar-refractivity contribution in [3.63, 3.8) is 0 Å². The first-order chi connectivity index (χ1) is 22.6. The topological polar surface area (TPSA) is 133 Å². The van der Waals surface area contributed by atoms with Crippen molar-refractivity contribution in [2.45, 2.75) is 89.4 Å². The lowest BCUT2D eigenvalue weighted by Crippen LogP contribution is -2.57. The number of Topliss-reactive ketones (excluding diaryl/α,β-unsaturated/α-hetero) is 1. The van der Waals surface area contributed by atoms with Crippen LogP contribution in [-0.2, 0) is 36.8 Å². The highest BCUT2D eigenvalue weighted by Gasteiger charge is 2.32. The van der Waals surface area contributed by atoms with Gasteiger partial charge >= 0.3 is 0 Å². The number of rotatable bonds is 7. The number of carbonyl (C=O) groups excluding carboxylic acids is 5. The number of nitrogens with one attached hydrogen (secondary N) is 4. The van der Waals surface area contributed by atoms with Crippen LogP contribution in [0.3, 0.4) is 0 Å². The summed E-state index contributed by atoms with van der Waals surface area (Å²) in [5.41, 5.74) is 2.51. The number of amides is 4. The maximum absolute atomic E-state index is 14.0. The molecule has 1 fully saturated rings. The molecule has 248 valence electrons. The fraction of sp³-hybridized carbons (Fsp3) is 0.395. The molecular weight excluding hydrogens is 592 g/mol. The smallest absolute Gasteiger partial charge is 0.243 e. The Morgan fingerprint density at radius 2 is 1.09 bits per heavy atom. The molecule has 4 amide bonds. The van der Waals surface area contributed by atoms with Crippen molar-refractivity contribution < 1.29 is 24.0 Å². The van der Waals surface area contributed by atoms with E-state index in [9.17, 15) is 24.0 Å². The first-order valence-corrected chi connectivity index (χ1v) is 16.5. The Hall–Kier alpha value is -4.79. The van der Waals surface area contributed by atoms with E-state index in [4.69, 9.17) is 0 Å². The van der Waals surface area contributed by atoms with Crippen molar-refractivity contribution in [3.8, 4) is 0 Å². The molecule has 0 aromatic heterocycles. The summed E-state index contributed by atoms with van der Waals surface area (Å²) < 4.78 is 0. The quantitative estimate of drug-likeness (QED) is 0.311. The highest BCUT2D eigenvalue weighted by molar-refractivity contribution is 5.96. The van der Waals surface area contributed by atoms with Gasteiger partial charge in [-0.25, -0.2) is 0 Å². The van der Waals surface area contributed by atoms with Crippen molar-refractivity contribution in [1.29, 1.82) is 0 Å². The average molecular weight is 639 g/mol. The third kappa shape index (κ3) is 10.6. The van der Waals surface area contributed by atoms with Crippen LogP contribution in [0.4, 0.5) is 0 Å². The first-order valence-electron chi connectivity index (χ1n) is 16.5. The van der Waals surface area contributed by atoms with E-state index in [0.717, 1.165) is 16.7 Å². The van der Waals surface area contributed by atoms with Crippen molar-refractivity contribution >= 4 is 29.4 Å². The number of benzene rings is 3. The molecular formula is C38H46N4O5. The maximum Gasteiger partial charge on any atom is 0.243 e. The standard InChI is InChI=1S/C38H46N4O5/c1-25(2)22-32-37(46)39-26(3)35(44)40-31(23-27-14-7-4-8-15-27)34(43)21-13-20-30(29-18-11-6-12-19-29)36(45)41-33(38(47)42-32)24-28-16-9-5-10-17-28/h4-12,14-19,25-26,30-33H,13,20-24H2,1-3H3,(H,39,46)(H,40,44)(H,41,45)(H,42,47)/t26-,30?,31-,32-,33-/m0/s1. The molecule has 1 heterocycles. The van der Waals surface area contributed by atoms with Crippen molar-refractivity contribution in [1.82, 2.24) is 21.3 Å². The van der Waals surface area contributed by atoms with Gasteiger partial charge in [0.25, 0.3) is 0 Å². The third-order valence-electron chi connectivity index (χ3n) is 8.43. The minimum atomic E-state index is -0.966. The Balaban J connectivity index is 1.68. The molecule has 0 spiro atoms. The van der Waals surface area contributed by atoms with Crippen molar-refractivity contribution in [3.05, 3.63) is 108 Å². The Morgan fingerprint density at radius 1 is 0.596 bits per heavy atom. The van der Waals surface area contributed by atoms with E-state index in [1.807, 2.05) is 105 Å². The van der Waals surface area contributed by atoms with Gasteiger partial charge in [0.05, 0.1) is 12.0 Å². The van der Waals surface area contributed by atoms with E-state index in [2.05, 4.69) is 21.3 Å². The van der Waals surface area contributed by atoms with Crippen molar-refractivity contribution in [2.75, 3.05) is 0 Å². The van der Waals surface area contributed by atoms with Crippen LogP contribution >= 0.6 is 0 Å². The van der Waals surface area contributed by atoms with E-state index >= 15 is 0 Å². The first kappa shape index (κ1) is 35.1. The number of carbonyl (C=O) groups is 5. The highest BCUT2D eigenvalue weighted by Crippen LogP contribution is 2.24. The zero-order chi connectivity index (χ0) is 33.8. The summed E-state index contributed by atoms with van der Waals surface area (Å²) in [6.45, 7) is 5.43. The molecule has 4 rings (SSSR count). The largest absolute Gasteiger partial charge is 0.344 e. The van der Waals surface area contributed by atoms with Gasteiger partial charge in [0.2, 0.25) is 23.6 Å². The predicted octanol–water partition coefficient (Wildman–Crippen LogP) is 4.01. The Morgan fingerprint density at radius 3 is 1.66 bits per heavy atom. The van der Waals surface area contributed by atoms with E-state index in [-0.39, 0.29) is 30.4 Å². The van der Waals surface area contributed by atoms with Crippen LogP contribution in [0.1, 0.15) is 69.1 Å². The molecule has 0 radical (unpaired) electrons. The Labute approximate surface area is 277 Å². The van der Waals surface area contributed by atoms with Crippen LogP contribution in [0.2, 0.25) is 0 Å². The van der Waals surface area contributed by atoms with Gasteiger partial charge in [0.1, 0.15) is 18.1 Å². The van der Waals surface area contributed by atoms with Crippen LogP contribution in [-0.4, -0.2) is 53.6 Å². The Kier molecular flexibility index (Phi) is 12.8. The number of ketones is 1. The number of hydrogen-bond acceptors (Lipinski definition) is 5. The normalized spacial score (nSPS) is 23.7. The Bertz CT molecular complexity index is 1500. The van der Waals surface area contributed by atoms with Crippen LogP contribution in [0.15, 0.2) is 91.0 Å². The second-order valence-corrected chi connectivity index (χ2v) is 12.7. The zero-order valence-corrected chi connectivity index (χ0v) is 27.4. The molecule has 1 unspecified atom stereocenters. The second-order valence-electron chi connectivity index (χ2n) is 12.7. The maximum atomic E-state index is 14.0. The van der Waals surface area contributed by atoms with Gasteiger partial charge in [-0.3, -0.25) is 24.0 Å². The molecule has 1 aliphatic rings. The molecule has 1 saturated heterocycles.